The number of aromatic hydroxyl groups is 1. The van der Waals surface area contributed by atoms with Gasteiger partial charge in [0.15, 0.2) is 8.32 Å². The van der Waals surface area contributed by atoms with Crippen molar-refractivity contribution in [2.75, 3.05) is 37.7 Å². The van der Waals surface area contributed by atoms with Gasteiger partial charge in [0.25, 0.3) is 0 Å². The zero-order valence-corrected chi connectivity index (χ0v) is 36.2. The van der Waals surface area contributed by atoms with Crippen LogP contribution in [0.1, 0.15) is 69.2 Å². The Bertz CT molecular complexity index is 2280. The van der Waals surface area contributed by atoms with Crippen molar-refractivity contribution in [3.8, 4) is 22.6 Å². The van der Waals surface area contributed by atoms with Crippen molar-refractivity contribution in [2.45, 2.75) is 89.7 Å². The Kier molecular flexibility index (Phi) is 13.0. The number of carboxylic acid groups (broad SMARTS) is 1. The smallest absolute Gasteiger partial charge is 0.412 e. The molecule has 4 aromatic carbocycles. The number of benzene rings is 4. The summed E-state index contributed by atoms with van der Waals surface area (Å²) in [6.07, 6.45) is 3.50. The minimum Gasteiger partial charge on any atom is -0.506 e. The van der Waals surface area contributed by atoms with Crippen LogP contribution in [0.5, 0.6) is 11.5 Å². The van der Waals surface area contributed by atoms with Gasteiger partial charge in [-0.05, 0) is 122 Å². The Morgan fingerprint density at radius 2 is 1.73 bits per heavy atom. The summed E-state index contributed by atoms with van der Waals surface area (Å²) in [7, 11) is -2.21. The molecule has 10 nitrogen and oxygen atoms in total. The third-order valence-corrected chi connectivity index (χ3v) is 17.2. The molecule has 3 aliphatic rings. The van der Waals surface area contributed by atoms with E-state index < -0.39 is 14.4 Å². The topological polar surface area (TPSA) is 127 Å². The summed E-state index contributed by atoms with van der Waals surface area (Å²) in [5.74, 6) is 1.23. The van der Waals surface area contributed by atoms with E-state index in [0.29, 0.717) is 31.1 Å². The Labute approximate surface area is 349 Å². The monoisotopic (exact) mass is 816 g/mol. The number of unbranched alkanes of at least 4 members (excludes halogenated alkanes) is 1. The van der Waals surface area contributed by atoms with Crippen LogP contribution in [0, 0.1) is 5.92 Å². The van der Waals surface area contributed by atoms with Crippen LogP contribution in [0.2, 0.25) is 18.1 Å². The first kappa shape index (κ1) is 42.2. The van der Waals surface area contributed by atoms with Crippen LogP contribution >= 0.6 is 0 Å². The van der Waals surface area contributed by atoms with Crippen molar-refractivity contribution in [1.82, 2.24) is 15.2 Å². The highest BCUT2D eigenvalue weighted by Crippen LogP contribution is 2.42. The van der Waals surface area contributed by atoms with Crippen molar-refractivity contribution in [2.24, 2.45) is 5.92 Å². The number of nitrogens with one attached hydrogen (secondary N) is 2. The van der Waals surface area contributed by atoms with Crippen molar-refractivity contribution < 1.29 is 24.2 Å². The fourth-order valence-electron chi connectivity index (χ4n) is 8.45. The van der Waals surface area contributed by atoms with Crippen LogP contribution in [-0.4, -0.2) is 73.3 Å². The maximum Gasteiger partial charge on any atom is 0.412 e. The molecule has 8 rings (SSSR count). The van der Waals surface area contributed by atoms with E-state index >= 15 is 0 Å². The molecule has 1 amide bonds. The van der Waals surface area contributed by atoms with Crippen molar-refractivity contribution in [3.63, 3.8) is 0 Å². The molecule has 2 atom stereocenters. The molecule has 5 aromatic rings. The lowest BCUT2D eigenvalue weighted by Gasteiger charge is -2.48. The number of fused-ring (bicyclic) bond motifs is 4. The fourth-order valence-corrected chi connectivity index (χ4v) is 9.72. The molecule has 3 aliphatic heterocycles. The third-order valence-electron chi connectivity index (χ3n) is 12.7. The summed E-state index contributed by atoms with van der Waals surface area (Å²) < 4.78 is 13.2. The number of aromatic amines is 1. The summed E-state index contributed by atoms with van der Waals surface area (Å²) in [4.78, 5) is 32.0. The number of carbonyl (C=O) groups is 1. The molecule has 1 aromatic heterocycles. The number of nitrogens with zero attached hydrogens (tertiary/aromatic N) is 2. The number of phenols is 1. The summed E-state index contributed by atoms with van der Waals surface area (Å²) in [5, 5.41) is 25.6. The number of hydrogen-bond donors (Lipinski definition) is 4. The number of H-pyrrole nitrogens is 1. The van der Waals surface area contributed by atoms with Gasteiger partial charge in [0, 0.05) is 36.7 Å². The van der Waals surface area contributed by atoms with E-state index in [1.165, 1.54) is 6.07 Å². The summed E-state index contributed by atoms with van der Waals surface area (Å²) >= 11 is 0. The molecule has 0 aliphatic carbocycles. The molecule has 4 heterocycles. The number of phenolic OH excluding ortho intramolecular Hbond substituents is 1. The standard InChI is InChI=1S/C48H60N4O6Si/c1-48(2,3)59(4,5)58-44(39-19-21-43(53)46-40(39)20-22-45(54)50-46)31-49-30-34-13-11-16-37(28-34)57-27-10-9-12-33-17-18-38(35-14-7-6-8-15-35)41(29-33)52(47(55)56)42-32-51-25-23-36(42)24-26-51/h6-8,11,13-22,28-29,36,42,44,49,53H,9-10,12,23-27,30-32H2,1-5H3,(H,50,54)(H,55,56)/t42?,44-/m0/s1. The fraction of sp³-hybridized carbons (Fsp3) is 0.417. The van der Waals surface area contributed by atoms with Crippen LogP contribution in [0.25, 0.3) is 22.0 Å². The molecule has 0 saturated carbocycles. The van der Waals surface area contributed by atoms with Gasteiger partial charge in [0.05, 0.1) is 30.0 Å². The Balaban J connectivity index is 0.972. The van der Waals surface area contributed by atoms with Gasteiger partial charge < -0.3 is 34.6 Å². The zero-order valence-electron chi connectivity index (χ0n) is 35.2. The highest BCUT2D eigenvalue weighted by Gasteiger charge is 2.41. The molecule has 0 spiro atoms. The minimum atomic E-state index is -2.21. The first-order valence-corrected chi connectivity index (χ1v) is 24.1. The Hall–Kier alpha value is -4.94. The average Bonchev–Trinajstić information content (AvgIpc) is 3.21. The molecule has 1 unspecified atom stereocenters. The predicted octanol–water partition coefficient (Wildman–Crippen LogP) is 9.73. The van der Waals surface area contributed by atoms with E-state index in [2.05, 4.69) is 91.5 Å². The molecule has 59 heavy (non-hydrogen) atoms. The van der Waals surface area contributed by atoms with Gasteiger partial charge >= 0.3 is 6.09 Å². The SMILES string of the molecule is CC(C)(C)[Si](C)(C)O[C@@H](CNCc1cccc(OCCCCc2ccc(-c3ccccc3)c(N(C(=O)O)C3CN4CCC3CC4)c2)c1)c1ccc(O)c2[nH]c(=O)ccc12. The number of piperidine rings is 3. The van der Waals surface area contributed by atoms with Gasteiger partial charge in [-0.3, -0.25) is 9.69 Å². The van der Waals surface area contributed by atoms with Crippen molar-refractivity contribution >= 4 is 31.0 Å². The van der Waals surface area contributed by atoms with Crippen LogP contribution in [0.4, 0.5) is 10.5 Å². The van der Waals surface area contributed by atoms with Crippen LogP contribution in [0.15, 0.2) is 102 Å². The second kappa shape index (κ2) is 18.1. The maximum atomic E-state index is 13.0. The molecule has 312 valence electrons. The first-order chi connectivity index (χ1) is 28.3. The predicted molar refractivity (Wildman–Crippen MR) is 239 cm³/mol. The maximum absolute atomic E-state index is 13.0. The van der Waals surface area contributed by atoms with Crippen molar-refractivity contribution in [3.05, 3.63) is 124 Å². The van der Waals surface area contributed by atoms with E-state index in [4.69, 9.17) is 9.16 Å². The molecule has 2 bridgehead atoms. The highest BCUT2D eigenvalue weighted by molar-refractivity contribution is 6.74. The lowest BCUT2D eigenvalue weighted by Crippen LogP contribution is -2.59. The number of rotatable bonds is 16. The highest BCUT2D eigenvalue weighted by atomic mass is 28.4. The van der Waals surface area contributed by atoms with Crippen LogP contribution < -0.4 is 20.5 Å². The van der Waals surface area contributed by atoms with E-state index in [1.807, 2.05) is 36.4 Å². The van der Waals surface area contributed by atoms with Gasteiger partial charge in [-0.15, -0.1) is 0 Å². The van der Waals surface area contributed by atoms with E-state index in [0.717, 1.165) is 96.4 Å². The van der Waals surface area contributed by atoms with Gasteiger partial charge in [-0.2, -0.15) is 0 Å². The normalized spacial score (nSPS) is 18.5. The molecule has 3 saturated heterocycles. The van der Waals surface area contributed by atoms with Gasteiger partial charge in [0.2, 0.25) is 5.56 Å². The molecule has 3 fully saturated rings. The van der Waals surface area contributed by atoms with E-state index in [9.17, 15) is 19.8 Å². The lowest BCUT2D eigenvalue weighted by molar-refractivity contribution is 0.0837. The third kappa shape index (κ3) is 9.92. The number of hydrogen-bond acceptors (Lipinski definition) is 7. The quantitative estimate of drug-likeness (QED) is 0.0573. The average molecular weight is 817 g/mol. The summed E-state index contributed by atoms with van der Waals surface area (Å²) in [6, 6.07) is 31.4. The Morgan fingerprint density at radius 3 is 2.44 bits per heavy atom. The second-order valence-corrected chi connectivity index (χ2v) is 22.6. The van der Waals surface area contributed by atoms with Gasteiger partial charge in [-0.25, -0.2) is 4.79 Å². The number of amides is 1. The van der Waals surface area contributed by atoms with Gasteiger partial charge in [0.1, 0.15) is 11.5 Å². The van der Waals surface area contributed by atoms with Crippen molar-refractivity contribution in [1.29, 1.82) is 0 Å². The second-order valence-electron chi connectivity index (χ2n) is 17.8. The summed E-state index contributed by atoms with van der Waals surface area (Å²) in [6.45, 7) is 15.7. The number of aryl methyl sites for hydroxylation is 1. The molecular weight excluding hydrogens is 757 g/mol. The molecular formula is C48H60N4O6Si. The number of pyridine rings is 1. The van der Waals surface area contributed by atoms with Gasteiger partial charge in [-0.1, -0.05) is 81.4 Å². The van der Waals surface area contributed by atoms with Crippen LogP contribution in [-0.2, 0) is 17.4 Å². The molecule has 4 N–H and O–H groups in total. The Morgan fingerprint density at radius 1 is 0.949 bits per heavy atom. The van der Waals surface area contributed by atoms with Crippen LogP contribution in [0.3, 0.4) is 0 Å². The summed E-state index contributed by atoms with van der Waals surface area (Å²) in [5.41, 5.74) is 6.05. The van der Waals surface area contributed by atoms with E-state index in [-0.39, 0.29) is 28.5 Å². The minimum absolute atomic E-state index is 0.0116. The first-order valence-electron chi connectivity index (χ1n) is 21.2. The molecule has 11 heteroatoms. The number of ether oxygens (including phenoxy) is 1. The lowest BCUT2D eigenvalue weighted by atomic mass is 9.82. The molecule has 0 radical (unpaired) electrons. The number of anilines is 1. The largest absolute Gasteiger partial charge is 0.506 e. The van der Waals surface area contributed by atoms with E-state index in [1.54, 1.807) is 17.0 Å². The zero-order chi connectivity index (χ0) is 41.7. The number of aromatic nitrogens is 1.